The summed E-state index contributed by atoms with van der Waals surface area (Å²) in [5, 5.41) is 1.09. The lowest BCUT2D eigenvalue weighted by molar-refractivity contribution is -0.129. The van der Waals surface area contributed by atoms with Crippen molar-refractivity contribution in [3.63, 3.8) is 0 Å². The number of guanidine groups is 1. The number of nitrogens with zero attached hydrogens (tertiary/aromatic N) is 2. The van der Waals surface area contributed by atoms with Crippen LogP contribution in [0.25, 0.3) is 11.1 Å². The molecule has 170 valence electrons. The Morgan fingerprint density at radius 3 is 2.42 bits per heavy atom. The van der Waals surface area contributed by atoms with Gasteiger partial charge in [0.1, 0.15) is 5.75 Å². The first-order valence-corrected chi connectivity index (χ1v) is 11.1. The number of carbonyl (C=O) groups excluding carboxylic acids is 1. The molecule has 0 saturated heterocycles. The predicted molar refractivity (Wildman–Crippen MR) is 135 cm³/mol. The van der Waals surface area contributed by atoms with Crippen molar-refractivity contribution in [1.82, 2.24) is 4.90 Å². The molecule has 3 aromatic rings. The molecule has 5 rings (SSSR count). The average molecular weight is 503 g/mol. The van der Waals surface area contributed by atoms with E-state index in [1.807, 2.05) is 54.6 Å². The van der Waals surface area contributed by atoms with Gasteiger partial charge in [0, 0.05) is 17.1 Å². The first kappa shape index (κ1) is 23.4. The molecule has 0 fully saturated rings. The van der Waals surface area contributed by atoms with Gasteiger partial charge in [-0.25, -0.2) is 4.99 Å². The van der Waals surface area contributed by atoms with Gasteiger partial charge in [0.05, 0.1) is 6.61 Å². The van der Waals surface area contributed by atoms with Gasteiger partial charge in [-0.2, -0.15) is 0 Å². The summed E-state index contributed by atoms with van der Waals surface area (Å²) in [6, 6.07) is 18.9. The first-order chi connectivity index (χ1) is 15.4. The topological polar surface area (TPSA) is 67.9 Å². The van der Waals surface area contributed by atoms with E-state index >= 15 is 0 Å². The van der Waals surface area contributed by atoms with Crippen molar-refractivity contribution in [1.29, 1.82) is 0 Å². The van der Waals surface area contributed by atoms with Gasteiger partial charge in [-0.05, 0) is 77.1 Å². The largest absolute Gasteiger partial charge is 0.493 e. The maximum Gasteiger partial charge on any atom is 0.266 e. The average Bonchev–Trinajstić information content (AvgIpc) is 3.03. The molecule has 1 atom stereocenters. The van der Waals surface area contributed by atoms with Crippen LogP contribution in [-0.4, -0.2) is 30.4 Å². The predicted octanol–water partition coefficient (Wildman–Crippen LogP) is 5.44. The Kier molecular flexibility index (Phi) is 6.32. The van der Waals surface area contributed by atoms with Gasteiger partial charge in [-0.3, -0.25) is 9.69 Å². The summed E-state index contributed by atoms with van der Waals surface area (Å²) in [5.41, 5.74) is 9.16. The van der Waals surface area contributed by atoms with Crippen molar-refractivity contribution in [2.75, 3.05) is 13.7 Å². The van der Waals surface area contributed by atoms with Crippen molar-refractivity contribution in [2.45, 2.75) is 18.4 Å². The second-order valence-corrected chi connectivity index (χ2v) is 8.93. The van der Waals surface area contributed by atoms with Gasteiger partial charge in [0.25, 0.3) is 5.91 Å². The molecule has 0 aliphatic carbocycles. The molecule has 0 bridgehead atoms. The van der Waals surface area contributed by atoms with Crippen LogP contribution < -0.4 is 10.5 Å². The summed E-state index contributed by atoms with van der Waals surface area (Å²) < 4.78 is 5.77. The fourth-order valence-corrected chi connectivity index (χ4v) is 4.94. The molecule has 2 aliphatic heterocycles. The third-order valence-electron chi connectivity index (χ3n) is 6.04. The summed E-state index contributed by atoms with van der Waals surface area (Å²) in [5.74, 6) is 0.835. The second kappa shape index (κ2) is 8.90. The molecule has 0 aromatic heterocycles. The molecule has 0 radical (unpaired) electrons. The molecule has 3 aromatic carbocycles. The van der Waals surface area contributed by atoms with E-state index in [1.165, 1.54) is 4.90 Å². The Morgan fingerprint density at radius 1 is 1.00 bits per heavy atom. The number of hydrogen-bond donors (Lipinski definition) is 1. The quantitative estimate of drug-likeness (QED) is 0.519. The SMILES string of the molecule is CN1C(=O)C(c2cccc(-c3cc(Cl)cc(Cl)c3)c2)(c2ccc3c(c2)CCCO3)N=C1N.Cl. The number of carbonyl (C=O) groups is 1. The molecule has 2 heterocycles. The monoisotopic (exact) mass is 501 g/mol. The van der Waals surface area contributed by atoms with Crippen LogP contribution in [0.3, 0.4) is 0 Å². The van der Waals surface area contributed by atoms with Crippen molar-refractivity contribution >= 4 is 47.5 Å². The Hall–Kier alpha value is -2.73. The number of halogens is 3. The van der Waals surface area contributed by atoms with Crippen LogP contribution in [0.1, 0.15) is 23.1 Å². The van der Waals surface area contributed by atoms with Gasteiger partial charge in [0.2, 0.25) is 0 Å². The van der Waals surface area contributed by atoms with Gasteiger partial charge < -0.3 is 10.5 Å². The highest BCUT2D eigenvalue weighted by Gasteiger charge is 2.49. The summed E-state index contributed by atoms with van der Waals surface area (Å²) >= 11 is 12.4. The fraction of sp³-hybridized carbons (Fsp3) is 0.200. The Bertz CT molecular complexity index is 1260. The van der Waals surface area contributed by atoms with E-state index in [1.54, 1.807) is 13.1 Å². The summed E-state index contributed by atoms with van der Waals surface area (Å²) in [7, 11) is 1.64. The minimum absolute atomic E-state index is 0. The second-order valence-electron chi connectivity index (χ2n) is 8.06. The van der Waals surface area contributed by atoms with Crippen LogP contribution in [0.5, 0.6) is 5.75 Å². The number of nitrogens with two attached hydrogens (primary N) is 1. The van der Waals surface area contributed by atoms with Crippen molar-refractivity contribution in [3.05, 3.63) is 87.4 Å². The van der Waals surface area contributed by atoms with Crippen LogP contribution in [0.15, 0.2) is 65.7 Å². The summed E-state index contributed by atoms with van der Waals surface area (Å²) in [6.45, 7) is 0.703. The molecular weight excluding hydrogens is 481 g/mol. The van der Waals surface area contributed by atoms with E-state index in [0.29, 0.717) is 16.7 Å². The molecule has 0 saturated carbocycles. The highest BCUT2D eigenvalue weighted by atomic mass is 35.5. The van der Waals surface area contributed by atoms with E-state index in [9.17, 15) is 4.79 Å². The van der Waals surface area contributed by atoms with Crippen LogP contribution in [0.2, 0.25) is 10.0 Å². The number of hydrogen-bond acceptors (Lipinski definition) is 4. The number of amides is 1. The van der Waals surface area contributed by atoms with Crippen molar-refractivity contribution in [2.24, 2.45) is 10.7 Å². The molecule has 1 amide bonds. The smallest absolute Gasteiger partial charge is 0.266 e. The normalized spacial score (nSPS) is 19.4. The number of ether oxygens (including phenoxy) is 1. The minimum atomic E-state index is -1.27. The van der Waals surface area contributed by atoms with E-state index in [0.717, 1.165) is 46.4 Å². The third kappa shape index (κ3) is 3.95. The van der Waals surface area contributed by atoms with E-state index < -0.39 is 5.54 Å². The number of fused-ring (bicyclic) bond motifs is 1. The number of aliphatic imine (C=N–C) groups is 1. The fourth-order valence-electron chi connectivity index (χ4n) is 4.41. The number of benzene rings is 3. The first-order valence-electron chi connectivity index (χ1n) is 10.4. The maximum absolute atomic E-state index is 13.6. The molecule has 0 spiro atoms. The number of rotatable bonds is 3. The molecular formula is C25H22Cl3N3O2. The van der Waals surface area contributed by atoms with Gasteiger partial charge in [-0.15, -0.1) is 12.4 Å². The summed E-state index contributed by atoms with van der Waals surface area (Å²) in [4.78, 5) is 19.7. The van der Waals surface area contributed by atoms with Crippen molar-refractivity contribution < 1.29 is 9.53 Å². The Morgan fingerprint density at radius 2 is 1.73 bits per heavy atom. The van der Waals surface area contributed by atoms with Crippen LogP contribution in [0.4, 0.5) is 0 Å². The van der Waals surface area contributed by atoms with Crippen LogP contribution in [-0.2, 0) is 16.8 Å². The summed E-state index contributed by atoms with van der Waals surface area (Å²) in [6.07, 6.45) is 1.83. The zero-order chi connectivity index (χ0) is 22.5. The molecule has 2 N–H and O–H groups in total. The molecule has 8 heteroatoms. The number of aryl methyl sites for hydroxylation is 1. The lowest BCUT2D eigenvalue weighted by Crippen LogP contribution is -2.41. The minimum Gasteiger partial charge on any atom is -0.493 e. The van der Waals surface area contributed by atoms with Crippen molar-refractivity contribution in [3.8, 4) is 16.9 Å². The van der Waals surface area contributed by atoms with E-state index in [-0.39, 0.29) is 24.3 Å². The van der Waals surface area contributed by atoms with E-state index in [4.69, 9.17) is 38.7 Å². The highest BCUT2D eigenvalue weighted by molar-refractivity contribution is 6.35. The standard InChI is InChI=1S/C25H21Cl2N3O2.ClH/c1-30-23(31)25(29-24(30)28,19-7-8-22-16(11-19)5-3-9-32-22)18-6-2-4-15(10-18)17-12-20(26)14-21(27)13-17;/h2,4,6-8,10-14H,3,5,9H2,1H3,(H2,28,29);1H. The zero-order valence-corrected chi connectivity index (χ0v) is 20.2. The molecule has 1 unspecified atom stereocenters. The maximum atomic E-state index is 13.6. The van der Waals surface area contributed by atoms with Gasteiger partial charge in [-0.1, -0.05) is 47.5 Å². The zero-order valence-electron chi connectivity index (χ0n) is 17.8. The third-order valence-corrected chi connectivity index (χ3v) is 6.48. The number of likely N-dealkylation sites (N-methyl/N-ethyl adjacent to an activating group) is 1. The lowest BCUT2D eigenvalue weighted by Gasteiger charge is -2.28. The molecule has 5 nitrogen and oxygen atoms in total. The van der Waals surface area contributed by atoms with Gasteiger partial charge >= 0.3 is 0 Å². The Balaban J connectivity index is 0.00000259. The van der Waals surface area contributed by atoms with E-state index in [2.05, 4.69) is 0 Å². The molecule has 2 aliphatic rings. The van der Waals surface area contributed by atoms with Gasteiger partial charge in [0.15, 0.2) is 11.5 Å². The van der Waals surface area contributed by atoms with Crippen LogP contribution >= 0.6 is 35.6 Å². The lowest BCUT2D eigenvalue weighted by atomic mass is 9.80. The van der Waals surface area contributed by atoms with Crippen LogP contribution in [0, 0.1) is 0 Å². The Labute approximate surface area is 208 Å². The molecule has 33 heavy (non-hydrogen) atoms. The highest BCUT2D eigenvalue weighted by Crippen LogP contribution is 2.42.